The molecule has 0 saturated carbocycles. The van der Waals surface area contributed by atoms with E-state index in [1.807, 2.05) is 0 Å². The summed E-state index contributed by atoms with van der Waals surface area (Å²) in [5, 5.41) is 29.0. The first-order chi connectivity index (χ1) is 10.2. The van der Waals surface area contributed by atoms with Gasteiger partial charge in [0.05, 0.1) is 13.7 Å². The lowest BCUT2D eigenvalue weighted by Gasteiger charge is -2.23. The Balaban J connectivity index is 2.17. The van der Waals surface area contributed by atoms with Crippen molar-refractivity contribution in [3.05, 3.63) is 54.1 Å². The van der Waals surface area contributed by atoms with E-state index >= 15 is 0 Å². The Morgan fingerprint density at radius 2 is 1.62 bits per heavy atom. The summed E-state index contributed by atoms with van der Waals surface area (Å²) in [6.07, 6.45) is -1.87. The lowest BCUT2D eigenvalue weighted by molar-refractivity contribution is -0.000420. The number of aliphatic hydroxyl groups is 2. The minimum absolute atomic E-state index is 0.108. The molecule has 2 atom stereocenters. The van der Waals surface area contributed by atoms with Gasteiger partial charge in [-0.25, -0.2) is 0 Å². The van der Waals surface area contributed by atoms with Crippen LogP contribution in [0.3, 0.4) is 0 Å². The zero-order chi connectivity index (χ0) is 15.2. The molecular weight excluding hydrogens is 272 g/mol. The lowest BCUT2D eigenvalue weighted by atomic mass is 10.0. The van der Waals surface area contributed by atoms with Crippen molar-refractivity contribution in [1.29, 1.82) is 0 Å². The van der Waals surface area contributed by atoms with E-state index in [4.69, 9.17) is 9.47 Å². The maximum absolute atomic E-state index is 10.3. The van der Waals surface area contributed by atoms with Gasteiger partial charge < -0.3 is 24.8 Å². The summed E-state index contributed by atoms with van der Waals surface area (Å²) in [6, 6.07) is 13.1. The summed E-state index contributed by atoms with van der Waals surface area (Å²) >= 11 is 0. The average molecular weight is 290 g/mol. The third kappa shape index (κ3) is 3.65. The Labute approximate surface area is 123 Å². The molecular formula is C16H18O5. The number of ether oxygens (including phenoxy) is 2. The first-order valence-electron chi connectivity index (χ1n) is 6.53. The topological polar surface area (TPSA) is 79.2 Å². The standard InChI is InChI=1S/C16H18O5/c1-20-13-4-2-3-5-14(13)21-15(10-17)16(19)11-6-8-12(18)9-7-11/h2-9,15-19H,10H2,1H3. The molecule has 0 fully saturated rings. The number of phenolic OH excluding ortho intramolecular Hbond substituents is 1. The largest absolute Gasteiger partial charge is 0.508 e. The summed E-state index contributed by atoms with van der Waals surface area (Å²) in [4.78, 5) is 0. The van der Waals surface area contributed by atoms with Crippen molar-refractivity contribution >= 4 is 0 Å². The predicted octanol–water partition coefficient (Wildman–Crippen LogP) is 1.87. The van der Waals surface area contributed by atoms with Crippen LogP contribution in [0.5, 0.6) is 17.2 Å². The van der Waals surface area contributed by atoms with Crippen LogP contribution in [0.4, 0.5) is 0 Å². The third-order valence-electron chi connectivity index (χ3n) is 3.11. The predicted molar refractivity (Wildman–Crippen MR) is 77.6 cm³/mol. The molecule has 0 aromatic heterocycles. The Morgan fingerprint density at radius 3 is 2.19 bits per heavy atom. The molecule has 5 heteroatoms. The van der Waals surface area contributed by atoms with Gasteiger partial charge in [0.25, 0.3) is 0 Å². The van der Waals surface area contributed by atoms with Gasteiger partial charge in [0, 0.05) is 0 Å². The molecule has 0 spiro atoms. The third-order valence-corrected chi connectivity index (χ3v) is 3.11. The Morgan fingerprint density at radius 1 is 1.00 bits per heavy atom. The van der Waals surface area contributed by atoms with Crippen LogP contribution in [0.15, 0.2) is 48.5 Å². The van der Waals surface area contributed by atoms with Crippen molar-refractivity contribution in [1.82, 2.24) is 0 Å². The number of rotatable bonds is 6. The van der Waals surface area contributed by atoms with Crippen molar-refractivity contribution in [2.45, 2.75) is 12.2 Å². The number of hydrogen-bond donors (Lipinski definition) is 3. The van der Waals surface area contributed by atoms with Gasteiger partial charge in [-0.3, -0.25) is 0 Å². The first-order valence-corrected chi connectivity index (χ1v) is 6.53. The van der Waals surface area contributed by atoms with E-state index in [9.17, 15) is 15.3 Å². The summed E-state index contributed by atoms with van der Waals surface area (Å²) in [6.45, 7) is -0.361. The number of methoxy groups -OCH3 is 1. The van der Waals surface area contributed by atoms with Crippen LogP contribution < -0.4 is 9.47 Å². The number of benzene rings is 2. The highest BCUT2D eigenvalue weighted by Crippen LogP contribution is 2.30. The number of aromatic hydroxyl groups is 1. The van der Waals surface area contributed by atoms with Crippen LogP contribution >= 0.6 is 0 Å². The van der Waals surface area contributed by atoms with Crippen molar-refractivity contribution in [3.8, 4) is 17.2 Å². The van der Waals surface area contributed by atoms with Crippen LogP contribution in [0.2, 0.25) is 0 Å². The summed E-state index contributed by atoms with van der Waals surface area (Å²) < 4.78 is 10.8. The molecule has 0 aliphatic carbocycles. The molecule has 2 aromatic rings. The van der Waals surface area contributed by atoms with Crippen LogP contribution in [0.1, 0.15) is 11.7 Å². The second kappa shape index (κ2) is 6.97. The van der Waals surface area contributed by atoms with Crippen LogP contribution in [-0.4, -0.2) is 35.1 Å². The number of hydrogen-bond acceptors (Lipinski definition) is 5. The smallest absolute Gasteiger partial charge is 0.161 e. The fourth-order valence-electron chi connectivity index (χ4n) is 1.97. The molecule has 0 amide bonds. The van der Waals surface area contributed by atoms with E-state index in [0.717, 1.165) is 0 Å². The molecule has 21 heavy (non-hydrogen) atoms. The highest BCUT2D eigenvalue weighted by Gasteiger charge is 2.23. The van der Waals surface area contributed by atoms with E-state index in [2.05, 4.69) is 0 Å². The molecule has 2 unspecified atom stereocenters. The van der Waals surface area contributed by atoms with Crippen molar-refractivity contribution in [2.75, 3.05) is 13.7 Å². The molecule has 0 heterocycles. The zero-order valence-corrected chi connectivity index (χ0v) is 11.6. The number of aliphatic hydroxyl groups excluding tert-OH is 2. The quantitative estimate of drug-likeness (QED) is 0.757. The Kier molecular flexibility index (Phi) is 5.03. The highest BCUT2D eigenvalue weighted by atomic mass is 16.5. The molecule has 2 aromatic carbocycles. The Hall–Kier alpha value is -2.24. The monoisotopic (exact) mass is 290 g/mol. The van der Waals surface area contributed by atoms with Gasteiger partial charge in [0.1, 0.15) is 11.9 Å². The molecule has 112 valence electrons. The molecule has 3 N–H and O–H groups in total. The van der Waals surface area contributed by atoms with Crippen molar-refractivity contribution in [2.24, 2.45) is 0 Å². The van der Waals surface area contributed by atoms with Crippen molar-refractivity contribution < 1.29 is 24.8 Å². The van der Waals surface area contributed by atoms with Gasteiger partial charge in [-0.2, -0.15) is 0 Å². The molecule has 2 rings (SSSR count). The van der Waals surface area contributed by atoms with E-state index in [1.54, 1.807) is 36.4 Å². The molecule has 0 bridgehead atoms. The van der Waals surface area contributed by atoms with Gasteiger partial charge in [-0.15, -0.1) is 0 Å². The van der Waals surface area contributed by atoms with Crippen LogP contribution in [-0.2, 0) is 0 Å². The summed E-state index contributed by atoms with van der Waals surface area (Å²) in [7, 11) is 1.52. The second-order valence-electron chi connectivity index (χ2n) is 4.53. The number of phenols is 1. The molecule has 5 nitrogen and oxygen atoms in total. The fraction of sp³-hybridized carbons (Fsp3) is 0.250. The van der Waals surface area contributed by atoms with Gasteiger partial charge >= 0.3 is 0 Å². The normalized spacial score (nSPS) is 13.5. The highest BCUT2D eigenvalue weighted by molar-refractivity contribution is 5.39. The molecule has 0 radical (unpaired) electrons. The number of para-hydroxylation sites is 2. The van der Waals surface area contributed by atoms with Gasteiger partial charge in [0.2, 0.25) is 0 Å². The second-order valence-corrected chi connectivity index (χ2v) is 4.53. The van der Waals surface area contributed by atoms with Crippen LogP contribution in [0.25, 0.3) is 0 Å². The maximum Gasteiger partial charge on any atom is 0.161 e. The molecule has 0 aliphatic rings. The van der Waals surface area contributed by atoms with E-state index in [1.165, 1.54) is 19.2 Å². The minimum atomic E-state index is -1.03. The SMILES string of the molecule is COc1ccccc1OC(CO)C(O)c1ccc(O)cc1. The maximum atomic E-state index is 10.3. The first kappa shape index (κ1) is 15.2. The van der Waals surface area contributed by atoms with Crippen LogP contribution in [0, 0.1) is 0 Å². The van der Waals surface area contributed by atoms with Gasteiger partial charge in [-0.05, 0) is 29.8 Å². The molecule has 0 saturated heterocycles. The fourth-order valence-corrected chi connectivity index (χ4v) is 1.97. The van der Waals surface area contributed by atoms with Crippen molar-refractivity contribution in [3.63, 3.8) is 0 Å². The van der Waals surface area contributed by atoms with E-state index in [-0.39, 0.29) is 12.4 Å². The summed E-state index contributed by atoms with van der Waals surface area (Å²) in [5.74, 6) is 1.07. The lowest BCUT2D eigenvalue weighted by Crippen LogP contribution is -2.29. The molecule has 0 aliphatic heterocycles. The Bertz CT molecular complexity index is 567. The average Bonchev–Trinajstić information content (AvgIpc) is 2.53. The zero-order valence-electron chi connectivity index (χ0n) is 11.6. The van der Waals surface area contributed by atoms with Gasteiger partial charge in [-0.1, -0.05) is 24.3 Å². The van der Waals surface area contributed by atoms with E-state index < -0.39 is 12.2 Å². The minimum Gasteiger partial charge on any atom is -0.508 e. The van der Waals surface area contributed by atoms with E-state index in [0.29, 0.717) is 17.1 Å². The summed E-state index contributed by atoms with van der Waals surface area (Å²) in [5.41, 5.74) is 0.543. The van der Waals surface area contributed by atoms with Gasteiger partial charge in [0.15, 0.2) is 17.6 Å².